The van der Waals surface area contributed by atoms with Gasteiger partial charge in [0.2, 0.25) is 0 Å². The fourth-order valence-corrected chi connectivity index (χ4v) is 1.04. The first-order valence-corrected chi connectivity index (χ1v) is 4.20. The molecule has 1 aromatic rings. The highest BCUT2D eigenvalue weighted by Crippen LogP contribution is 1.99. The number of halogens is 1. The molecule has 80 valence electrons. The van der Waals surface area contributed by atoms with Gasteiger partial charge in [0, 0.05) is 11.8 Å². The lowest BCUT2D eigenvalue weighted by Crippen LogP contribution is -2.30. The van der Waals surface area contributed by atoms with Crippen LogP contribution in [0.1, 0.15) is 0 Å². The van der Waals surface area contributed by atoms with Crippen molar-refractivity contribution in [2.24, 2.45) is 0 Å². The van der Waals surface area contributed by atoms with Crippen LogP contribution in [-0.4, -0.2) is 20.6 Å². The van der Waals surface area contributed by atoms with Crippen LogP contribution in [-0.2, 0) is 11.3 Å². The summed E-state index contributed by atoms with van der Waals surface area (Å²) in [5.41, 5.74) is -1.62. The van der Waals surface area contributed by atoms with Gasteiger partial charge in [-0.25, -0.2) is 9.59 Å². The normalized spacial score (nSPS) is 9.93. The summed E-state index contributed by atoms with van der Waals surface area (Å²) in [5, 5.41) is 8.35. The van der Waals surface area contributed by atoms with Crippen LogP contribution in [0.4, 0.5) is 0 Å². The summed E-state index contributed by atoms with van der Waals surface area (Å²) < 4.78 is 0.959. The molecule has 15 heavy (non-hydrogen) atoms. The molecule has 0 amide bonds. The molecule has 0 atom stereocenters. The van der Waals surface area contributed by atoms with Gasteiger partial charge in [0.25, 0.3) is 5.56 Å². The Hall–Kier alpha value is -1.82. The number of rotatable bonds is 3. The summed E-state index contributed by atoms with van der Waals surface area (Å²) >= 11 is 5.47. The predicted molar refractivity (Wildman–Crippen MR) is 53.1 cm³/mol. The molecule has 0 saturated carbocycles. The molecule has 0 unspecified atom stereocenters. The Morgan fingerprint density at radius 3 is 2.73 bits per heavy atom. The molecule has 0 saturated heterocycles. The molecule has 0 spiro atoms. The predicted octanol–water partition coefficient (Wildman–Crippen LogP) is -0.169. The van der Waals surface area contributed by atoms with E-state index in [4.69, 9.17) is 16.7 Å². The van der Waals surface area contributed by atoms with E-state index in [1.807, 2.05) is 4.98 Å². The molecule has 0 aromatic carbocycles. The molecule has 1 heterocycles. The zero-order chi connectivity index (χ0) is 11.6. The second-order valence-corrected chi connectivity index (χ2v) is 3.18. The molecule has 0 bridgehead atoms. The van der Waals surface area contributed by atoms with Crippen molar-refractivity contribution in [1.29, 1.82) is 0 Å². The van der Waals surface area contributed by atoms with Crippen LogP contribution < -0.4 is 11.2 Å². The fraction of sp³-hybridized carbons (Fsp3) is 0.125. The monoisotopic (exact) mass is 230 g/mol. The van der Waals surface area contributed by atoms with Crippen molar-refractivity contribution in [3.05, 3.63) is 44.2 Å². The molecule has 1 rings (SSSR count). The number of aliphatic carboxylic acids is 1. The van der Waals surface area contributed by atoms with Crippen molar-refractivity contribution in [1.82, 2.24) is 9.55 Å². The van der Waals surface area contributed by atoms with E-state index < -0.39 is 17.2 Å². The van der Waals surface area contributed by atoms with Crippen molar-refractivity contribution in [3.8, 4) is 0 Å². The summed E-state index contributed by atoms with van der Waals surface area (Å²) in [6.07, 6.45) is 1.07. The van der Waals surface area contributed by atoms with Crippen molar-refractivity contribution in [3.63, 3.8) is 0 Å². The van der Waals surface area contributed by atoms with Crippen LogP contribution in [0.15, 0.2) is 27.9 Å². The summed E-state index contributed by atoms with van der Waals surface area (Å²) in [7, 11) is 0. The summed E-state index contributed by atoms with van der Waals surface area (Å²) in [6.45, 7) is 3.02. The maximum atomic E-state index is 11.2. The van der Waals surface area contributed by atoms with E-state index in [0.29, 0.717) is 0 Å². The number of nitrogens with one attached hydrogen (secondary N) is 1. The average Bonchev–Trinajstić information content (AvgIpc) is 2.13. The summed E-state index contributed by atoms with van der Waals surface area (Å²) in [4.78, 5) is 34.4. The first-order valence-electron chi connectivity index (χ1n) is 3.82. The lowest BCUT2D eigenvalue weighted by molar-refractivity contribution is -0.132. The number of carboxylic acids is 1. The Kier molecular flexibility index (Phi) is 3.11. The lowest BCUT2D eigenvalue weighted by Gasteiger charge is -2.04. The molecule has 6 nitrogen and oxygen atoms in total. The number of nitrogens with zero attached hydrogens (tertiary/aromatic N) is 1. The van der Waals surface area contributed by atoms with Crippen LogP contribution in [0.5, 0.6) is 0 Å². The molecule has 1 aromatic heterocycles. The Morgan fingerprint density at radius 2 is 2.20 bits per heavy atom. The SMILES string of the molecule is C=C(Cn1cc(Cl)c(=O)[nH]c1=O)C(=O)O. The number of carbonyl (C=O) groups is 1. The van der Waals surface area contributed by atoms with Gasteiger partial charge in [0.1, 0.15) is 5.02 Å². The van der Waals surface area contributed by atoms with Gasteiger partial charge in [-0.05, 0) is 0 Å². The van der Waals surface area contributed by atoms with E-state index in [1.165, 1.54) is 0 Å². The largest absolute Gasteiger partial charge is 0.478 e. The lowest BCUT2D eigenvalue weighted by atomic mass is 10.3. The molecule has 0 radical (unpaired) electrons. The second-order valence-electron chi connectivity index (χ2n) is 2.77. The van der Waals surface area contributed by atoms with Crippen molar-refractivity contribution in [2.45, 2.75) is 6.54 Å². The van der Waals surface area contributed by atoms with Crippen LogP contribution in [0.2, 0.25) is 5.02 Å². The topological polar surface area (TPSA) is 92.2 Å². The first-order chi connectivity index (χ1) is 6.91. The summed E-state index contributed by atoms with van der Waals surface area (Å²) in [5.74, 6) is -1.22. The van der Waals surface area contributed by atoms with E-state index in [0.717, 1.165) is 10.8 Å². The highest BCUT2D eigenvalue weighted by molar-refractivity contribution is 6.30. The van der Waals surface area contributed by atoms with Crippen LogP contribution >= 0.6 is 11.6 Å². The van der Waals surface area contributed by atoms with Gasteiger partial charge < -0.3 is 5.11 Å². The highest BCUT2D eigenvalue weighted by atomic mass is 35.5. The molecule has 0 fully saturated rings. The number of carboxylic acid groups (broad SMARTS) is 1. The van der Waals surface area contributed by atoms with Gasteiger partial charge >= 0.3 is 11.7 Å². The quantitative estimate of drug-likeness (QED) is 0.706. The molecule has 0 aliphatic rings. The van der Waals surface area contributed by atoms with Crippen LogP contribution in [0.25, 0.3) is 0 Å². The third-order valence-electron chi connectivity index (χ3n) is 1.63. The van der Waals surface area contributed by atoms with E-state index in [-0.39, 0.29) is 17.1 Å². The number of H-pyrrole nitrogens is 1. The standard InChI is InChI=1S/C8H7ClN2O4/c1-4(7(13)14)2-11-3-5(9)6(12)10-8(11)15/h3H,1-2H2,(H,13,14)(H,10,12,15). The minimum Gasteiger partial charge on any atom is -0.478 e. The molecular weight excluding hydrogens is 224 g/mol. The number of aromatic nitrogens is 2. The van der Waals surface area contributed by atoms with E-state index >= 15 is 0 Å². The van der Waals surface area contributed by atoms with Gasteiger partial charge in [-0.2, -0.15) is 0 Å². The van der Waals surface area contributed by atoms with E-state index in [2.05, 4.69) is 6.58 Å². The van der Waals surface area contributed by atoms with Crippen molar-refractivity contribution in [2.75, 3.05) is 0 Å². The van der Waals surface area contributed by atoms with Crippen LogP contribution in [0.3, 0.4) is 0 Å². The number of hydrogen-bond donors (Lipinski definition) is 2. The van der Waals surface area contributed by atoms with Crippen molar-refractivity contribution < 1.29 is 9.90 Å². The van der Waals surface area contributed by atoms with Gasteiger partial charge in [-0.15, -0.1) is 0 Å². The Labute approximate surface area is 88.4 Å². The zero-order valence-electron chi connectivity index (χ0n) is 7.49. The maximum Gasteiger partial charge on any atom is 0.332 e. The molecule has 0 aliphatic carbocycles. The highest BCUT2D eigenvalue weighted by Gasteiger charge is 2.07. The van der Waals surface area contributed by atoms with Gasteiger partial charge in [0.15, 0.2) is 0 Å². The molecule has 0 aliphatic heterocycles. The van der Waals surface area contributed by atoms with E-state index in [1.54, 1.807) is 0 Å². The Bertz CT molecular complexity index is 528. The minimum absolute atomic E-state index is 0.180. The van der Waals surface area contributed by atoms with Crippen molar-refractivity contribution >= 4 is 17.6 Å². The van der Waals surface area contributed by atoms with Gasteiger partial charge in [-0.1, -0.05) is 18.2 Å². The first kappa shape index (κ1) is 11.3. The number of aromatic amines is 1. The second kappa shape index (κ2) is 4.14. The Morgan fingerprint density at radius 1 is 1.60 bits per heavy atom. The maximum absolute atomic E-state index is 11.2. The summed E-state index contributed by atoms with van der Waals surface area (Å²) in [6, 6.07) is 0. The molecule has 2 N–H and O–H groups in total. The average molecular weight is 231 g/mol. The van der Waals surface area contributed by atoms with Crippen LogP contribution in [0, 0.1) is 0 Å². The minimum atomic E-state index is -1.22. The van der Waals surface area contributed by atoms with Gasteiger partial charge in [0.05, 0.1) is 6.54 Å². The number of hydrogen-bond acceptors (Lipinski definition) is 3. The third kappa shape index (κ3) is 2.57. The Balaban J connectivity index is 3.12. The zero-order valence-corrected chi connectivity index (χ0v) is 8.24. The molecular formula is C8H7ClN2O4. The van der Waals surface area contributed by atoms with E-state index in [9.17, 15) is 14.4 Å². The smallest absolute Gasteiger partial charge is 0.332 e. The fourth-order valence-electron chi connectivity index (χ4n) is 0.873. The van der Waals surface area contributed by atoms with Gasteiger partial charge in [-0.3, -0.25) is 14.3 Å². The third-order valence-corrected chi connectivity index (χ3v) is 1.90. The molecule has 7 heteroatoms.